The van der Waals surface area contributed by atoms with Crippen molar-refractivity contribution in [2.45, 2.75) is 18.2 Å². The molecule has 0 spiro atoms. The molecule has 1 atom stereocenters. The highest BCUT2D eigenvalue weighted by Gasteiger charge is 2.32. The van der Waals surface area contributed by atoms with Crippen LogP contribution in [0.2, 0.25) is 0 Å². The molecule has 1 aliphatic heterocycles. The standard InChI is InChI=1S/C13H19FN2O2S/c1-10-3-4-12(7-13(10)14)19(17,18)16-6-5-11(9-16)8-15-2/h3-4,7,11,15H,5-6,8-9H2,1-2H3. The van der Waals surface area contributed by atoms with Gasteiger partial charge in [-0.1, -0.05) is 6.07 Å². The summed E-state index contributed by atoms with van der Waals surface area (Å²) in [4.78, 5) is 0.0423. The number of nitrogens with one attached hydrogen (secondary N) is 1. The van der Waals surface area contributed by atoms with E-state index in [1.54, 1.807) is 6.92 Å². The lowest BCUT2D eigenvalue weighted by atomic mass is 10.1. The van der Waals surface area contributed by atoms with Gasteiger partial charge in [0.1, 0.15) is 5.82 Å². The van der Waals surface area contributed by atoms with Crippen molar-refractivity contribution in [2.24, 2.45) is 5.92 Å². The SMILES string of the molecule is CNCC1CCN(S(=O)(=O)c2ccc(C)c(F)c2)C1. The van der Waals surface area contributed by atoms with Crippen LogP contribution < -0.4 is 5.32 Å². The van der Waals surface area contributed by atoms with Gasteiger partial charge in [-0.25, -0.2) is 12.8 Å². The first kappa shape index (κ1) is 14.4. The Morgan fingerprint density at radius 3 is 2.84 bits per heavy atom. The van der Waals surface area contributed by atoms with Crippen LogP contribution in [0.5, 0.6) is 0 Å². The minimum absolute atomic E-state index is 0.0423. The third-order valence-electron chi connectivity index (χ3n) is 3.52. The van der Waals surface area contributed by atoms with E-state index in [4.69, 9.17) is 0 Å². The second-order valence-corrected chi connectivity index (χ2v) is 6.92. The molecule has 0 bridgehead atoms. The topological polar surface area (TPSA) is 49.4 Å². The molecule has 1 unspecified atom stereocenters. The molecule has 2 rings (SSSR count). The summed E-state index contributed by atoms with van der Waals surface area (Å²) in [6.07, 6.45) is 0.842. The third-order valence-corrected chi connectivity index (χ3v) is 5.38. The van der Waals surface area contributed by atoms with Gasteiger partial charge in [-0.3, -0.25) is 0 Å². The molecule has 1 aromatic rings. The molecule has 0 aliphatic carbocycles. The van der Waals surface area contributed by atoms with Crippen molar-refractivity contribution in [3.05, 3.63) is 29.6 Å². The van der Waals surface area contributed by atoms with Gasteiger partial charge >= 0.3 is 0 Å². The van der Waals surface area contributed by atoms with Crippen molar-refractivity contribution in [2.75, 3.05) is 26.7 Å². The number of benzene rings is 1. The highest BCUT2D eigenvalue weighted by molar-refractivity contribution is 7.89. The molecular formula is C13H19FN2O2S. The molecule has 1 aliphatic rings. The molecule has 0 radical (unpaired) electrons. The molecule has 106 valence electrons. The van der Waals surface area contributed by atoms with Crippen LogP contribution in [0.3, 0.4) is 0 Å². The number of rotatable bonds is 4. The van der Waals surface area contributed by atoms with Crippen molar-refractivity contribution in [3.63, 3.8) is 0 Å². The molecular weight excluding hydrogens is 267 g/mol. The van der Waals surface area contributed by atoms with Gasteiger partial charge in [0.25, 0.3) is 0 Å². The molecule has 19 heavy (non-hydrogen) atoms. The predicted octanol–water partition coefficient (Wildman–Crippen LogP) is 1.36. The molecule has 1 fully saturated rings. The molecule has 1 heterocycles. The second-order valence-electron chi connectivity index (χ2n) is 4.99. The fourth-order valence-electron chi connectivity index (χ4n) is 2.35. The molecule has 0 saturated carbocycles. The average molecular weight is 286 g/mol. The summed E-state index contributed by atoms with van der Waals surface area (Å²) in [6.45, 7) is 3.42. The van der Waals surface area contributed by atoms with E-state index in [0.29, 0.717) is 24.6 Å². The Bertz CT molecular complexity index is 560. The first-order chi connectivity index (χ1) is 8.95. The smallest absolute Gasteiger partial charge is 0.243 e. The molecule has 1 aromatic carbocycles. The third kappa shape index (κ3) is 2.96. The van der Waals surface area contributed by atoms with Crippen molar-refractivity contribution in [3.8, 4) is 0 Å². The average Bonchev–Trinajstić information content (AvgIpc) is 2.82. The molecule has 0 aromatic heterocycles. The zero-order valence-electron chi connectivity index (χ0n) is 11.2. The van der Waals surface area contributed by atoms with E-state index in [0.717, 1.165) is 19.0 Å². The minimum atomic E-state index is -3.56. The maximum atomic E-state index is 13.5. The van der Waals surface area contributed by atoms with Crippen molar-refractivity contribution in [1.29, 1.82) is 0 Å². The van der Waals surface area contributed by atoms with Crippen molar-refractivity contribution in [1.82, 2.24) is 9.62 Å². The summed E-state index contributed by atoms with van der Waals surface area (Å²) in [7, 11) is -1.71. The summed E-state index contributed by atoms with van der Waals surface area (Å²) >= 11 is 0. The quantitative estimate of drug-likeness (QED) is 0.909. The Kier molecular flexibility index (Phi) is 4.23. The Morgan fingerprint density at radius 2 is 2.21 bits per heavy atom. The van der Waals surface area contributed by atoms with Crippen molar-refractivity contribution < 1.29 is 12.8 Å². The fraction of sp³-hybridized carbons (Fsp3) is 0.538. The fourth-order valence-corrected chi connectivity index (χ4v) is 3.90. The zero-order chi connectivity index (χ0) is 14.0. The Balaban J connectivity index is 2.21. The largest absolute Gasteiger partial charge is 0.319 e. The number of hydrogen-bond donors (Lipinski definition) is 1. The van der Waals surface area contributed by atoms with Gasteiger partial charge in [0.05, 0.1) is 4.90 Å². The van der Waals surface area contributed by atoms with Crippen LogP contribution >= 0.6 is 0 Å². The van der Waals surface area contributed by atoms with Crippen LogP contribution in [0, 0.1) is 18.7 Å². The van der Waals surface area contributed by atoms with Gasteiger partial charge in [0.15, 0.2) is 0 Å². The Labute approximate surface area is 113 Å². The van der Waals surface area contributed by atoms with E-state index in [-0.39, 0.29) is 4.90 Å². The first-order valence-electron chi connectivity index (χ1n) is 6.36. The highest BCUT2D eigenvalue weighted by Crippen LogP contribution is 2.25. The van der Waals surface area contributed by atoms with Gasteiger partial charge in [0.2, 0.25) is 10.0 Å². The van der Waals surface area contributed by atoms with Gasteiger partial charge in [-0.15, -0.1) is 0 Å². The second kappa shape index (κ2) is 5.56. The summed E-state index contributed by atoms with van der Waals surface area (Å²) in [6, 6.07) is 4.08. The normalized spacial score (nSPS) is 20.9. The molecule has 4 nitrogen and oxygen atoms in total. The zero-order valence-corrected chi connectivity index (χ0v) is 12.0. The van der Waals surface area contributed by atoms with Crippen LogP contribution in [0.1, 0.15) is 12.0 Å². The van der Waals surface area contributed by atoms with E-state index in [1.807, 2.05) is 7.05 Å². The summed E-state index contributed by atoms with van der Waals surface area (Å²) in [5.41, 5.74) is 0.452. The van der Waals surface area contributed by atoms with Crippen molar-refractivity contribution >= 4 is 10.0 Å². The number of hydrogen-bond acceptors (Lipinski definition) is 3. The maximum Gasteiger partial charge on any atom is 0.243 e. The minimum Gasteiger partial charge on any atom is -0.319 e. The molecule has 1 N–H and O–H groups in total. The van der Waals surface area contributed by atoms with E-state index >= 15 is 0 Å². The summed E-state index contributed by atoms with van der Waals surface area (Å²) in [5.74, 6) is -0.151. The van der Waals surface area contributed by atoms with Crippen LogP contribution in [-0.4, -0.2) is 39.4 Å². The Morgan fingerprint density at radius 1 is 1.47 bits per heavy atom. The van der Waals surface area contributed by atoms with Crippen LogP contribution in [0.15, 0.2) is 23.1 Å². The number of nitrogens with zero attached hydrogens (tertiary/aromatic N) is 1. The molecule has 6 heteroatoms. The molecule has 0 amide bonds. The lowest BCUT2D eigenvalue weighted by Gasteiger charge is -2.17. The van der Waals surface area contributed by atoms with Gasteiger partial charge < -0.3 is 5.32 Å². The van der Waals surface area contributed by atoms with E-state index in [1.165, 1.54) is 16.4 Å². The van der Waals surface area contributed by atoms with E-state index in [9.17, 15) is 12.8 Å². The number of sulfonamides is 1. The van der Waals surface area contributed by atoms with Crippen LogP contribution in [0.4, 0.5) is 4.39 Å². The summed E-state index contributed by atoms with van der Waals surface area (Å²) in [5, 5.41) is 3.06. The van der Waals surface area contributed by atoms with E-state index in [2.05, 4.69) is 5.32 Å². The van der Waals surface area contributed by atoms with Crippen LogP contribution in [0.25, 0.3) is 0 Å². The Hall–Kier alpha value is -0.980. The monoisotopic (exact) mass is 286 g/mol. The first-order valence-corrected chi connectivity index (χ1v) is 7.80. The predicted molar refractivity (Wildman–Crippen MR) is 71.9 cm³/mol. The van der Waals surface area contributed by atoms with E-state index < -0.39 is 15.8 Å². The lowest BCUT2D eigenvalue weighted by Crippen LogP contribution is -2.30. The lowest BCUT2D eigenvalue weighted by molar-refractivity contribution is 0.450. The molecule has 1 saturated heterocycles. The van der Waals surface area contributed by atoms with Gasteiger partial charge in [-0.05, 0) is 50.6 Å². The van der Waals surface area contributed by atoms with Crippen LogP contribution in [-0.2, 0) is 10.0 Å². The highest BCUT2D eigenvalue weighted by atomic mass is 32.2. The number of halogens is 1. The maximum absolute atomic E-state index is 13.5. The number of aryl methyl sites for hydroxylation is 1. The van der Waals surface area contributed by atoms with Gasteiger partial charge in [-0.2, -0.15) is 4.31 Å². The summed E-state index contributed by atoms with van der Waals surface area (Å²) < 4.78 is 39.7. The van der Waals surface area contributed by atoms with Gasteiger partial charge in [0, 0.05) is 13.1 Å².